The van der Waals surface area contributed by atoms with Gasteiger partial charge in [-0.25, -0.2) is 0 Å². The Bertz CT molecular complexity index is 364. The second-order valence-corrected chi connectivity index (χ2v) is 6.64. The molecule has 0 bridgehead atoms. The van der Waals surface area contributed by atoms with E-state index in [-0.39, 0.29) is 0 Å². The van der Waals surface area contributed by atoms with Crippen LogP contribution >= 0.6 is 0 Å². The third-order valence-electron chi connectivity index (χ3n) is 4.75. The number of allylic oxidation sites excluding steroid dienone is 2. The Morgan fingerprint density at radius 3 is 1.81 bits per heavy atom. The predicted molar refractivity (Wildman–Crippen MR) is 93.6 cm³/mol. The van der Waals surface area contributed by atoms with Gasteiger partial charge in [0, 0.05) is 0 Å². The Morgan fingerprint density at radius 1 is 0.714 bits per heavy atom. The van der Waals surface area contributed by atoms with Crippen LogP contribution in [0.25, 0.3) is 0 Å². The molecule has 1 aromatic carbocycles. The van der Waals surface area contributed by atoms with E-state index in [9.17, 15) is 0 Å². The highest BCUT2D eigenvalue weighted by Crippen LogP contribution is 2.22. The molecule has 0 amide bonds. The van der Waals surface area contributed by atoms with Gasteiger partial charge in [0.1, 0.15) is 0 Å². The molecule has 0 heteroatoms. The lowest BCUT2D eigenvalue weighted by atomic mass is 9.92. The standard InChI is InChI=1S/C21H32/c1-2-4-6-9-14-20(15-10-7-5-3-1)18-13-19-21-16-11-8-12-17-21/h8,11-13,16-18,20H,1-7,9-10,14-15,19H2/b18-13+. The first kappa shape index (κ1) is 16.3. The Balaban J connectivity index is 1.77. The highest BCUT2D eigenvalue weighted by Gasteiger charge is 2.06. The number of rotatable bonds is 3. The topological polar surface area (TPSA) is 0 Å². The summed E-state index contributed by atoms with van der Waals surface area (Å²) in [6, 6.07) is 10.8. The molecule has 1 aliphatic carbocycles. The third kappa shape index (κ3) is 7.50. The van der Waals surface area contributed by atoms with E-state index in [2.05, 4.69) is 42.5 Å². The van der Waals surface area contributed by atoms with E-state index in [0.29, 0.717) is 0 Å². The van der Waals surface area contributed by atoms with Crippen LogP contribution in [-0.2, 0) is 6.42 Å². The van der Waals surface area contributed by atoms with Crippen LogP contribution in [0.15, 0.2) is 42.5 Å². The summed E-state index contributed by atoms with van der Waals surface area (Å²) in [6.45, 7) is 0. The van der Waals surface area contributed by atoms with Gasteiger partial charge in [-0.2, -0.15) is 0 Å². The predicted octanol–water partition coefficient (Wildman–Crippen LogP) is 6.71. The minimum Gasteiger partial charge on any atom is -0.0851 e. The first-order chi connectivity index (χ1) is 10.4. The van der Waals surface area contributed by atoms with Crippen LogP contribution in [-0.4, -0.2) is 0 Å². The van der Waals surface area contributed by atoms with Crippen molar-refractivity contribution in [3.05, 3.63) is 48.0 Å². The summed E-state index contributed by atoms with van der Waals surface area (Å²) >= 11 is 0. The van der Waals surface area contributed by atoms with Gasteiger partial charge in [-0.1, -0.05) is 100 Å². The molecule has 0 saturated heterocycles. The van der Waals surface area contributed by atoms with Crippen LogP contribution in [0, 0.1) is 5.92 Å². The molecule has 1 aliphatic rings. The summed E-state index contributed by atoms with van der Waals surface area (Å²) in [5.41, 5.74) is 1.43. The van der Waals surface area contributed by atoms with Gasteiger partial charge in [0.05, 0.1) is 0 Å². The first-order valence-corrected chi connectivity index (χ1v) is 9.16. The van der Waals surface area contributed by atoms with Crippen molar-refractivity contribution in [3.8, 4) is 0 Å². The minimum absolute atomic E-state index is 0.827. The molecule has 0 aliphatic heterocycles. The normalized spacial score (nSPS) is 20.0. The average molecular weight is 284 g/mol. The van der Waals surface area contributed by atoms with E-state index < -0.39 is 0 Å². The molecule has 116 valence electrons. The molecule has 0 spiro atoms. The third-order valence-corrected chi connectivity index (χ3v) is 4.75. The second-order valence-electron chi connectivity index (χ2n) is 6.64. The fourth-order valence-electron chi connectivity index (χ4n) is 3.40. The molecule has 1 saturated carbocycles. The molecule has 0 aromatic heterocycles. The maximum absolute atomic E-state index is 2.51. The molecule has 1 fully saturated rings. The van der Waals surface area contributed by atoms with Crippen LogP contribution in [0.3, 0.4) is 0 Å². The summed E-state index contributed by atoms with van der Waals surface area (Å²) < 4.78 is 0. The van der Waals surface area contributed by atoms with Gasteiger partial charge in [-0.05, 0) is 30.7 Å². The van der Waals surface area contributed by atoms with E-state index in [1.165, 1.54) is 76.2 Å². The molecule has 0 radical (unpaired) electrons. The van der Waals surface area contributed by atoms with Crippen molar-refractivity contribution in [3.63, 3.8) is 0 Å². The van der Waals surface area contributed by atoms with Gasteiger partial charge in [-0.3, -0.25) is 0 Å². The minimum atomic E-state index is 0.827. The zero-order chi connectivity index (χ0) is 14.6. The number of hydrogen-bond acceptors (Lipinski definition) is 0. The number of benzene rings is 1. The van der Waals surface area contributed by atoms with Gasteiger partial charge in [0.2, 0.25) is 0 Å². The van der Waals surface area contributed by atoms with Crippen LogP contribution in [0.1, 0.15) is 76.2 Å². The van der Waals surface area contributed by atoms with Crippen molar-refractivity contribution in [1.82, 2.24) is 0 Å². The summed E-state index contributed by atoms with van der Waals surface area (Å²) in [7, 11) is 0. The lowest BCUT2D eigenvalue weighted by Crippen LogP contribution is -1.98. The van der Waals surface area contributed by atoms with Crippen molar-refractivity contribution >= 4 is 0 Å². The van der Waals surface area contributed by atoms with E-state index in [1.807, 2.05) is 0 Å². The molecule has 2 rings (SSSR count). The van der Waals surface area contributed by atoms with E-state index in [0.717, 1.165) is 12.3 Å². The molecule has 0 unspecified atom stereocenters. The largest absolute Gasteiger partial charge is 0.0851 e. The highest BCUT2D eigenvalue weighted by molar-refractivity contribution is 5.17. The Labute approximate surface area is 131 Å². The second kappa shape index (κ2) is 10.7. The molecule has 0 N–H and O–H groups in total. The fourth-order valence-corrected chi connectivity index (χ4v) is 3.40. The summed E-state index contributed by atoms with van der Waals surface area (Å²) in [6.07, 6.45) is 21.9. The van der Waals surface area contributed by atoms with Crippen LogP contribution in [0.5, 0.6) is 0 Å². The van der Waals surface area contributed by atoms with Gasteiger partial charge < -0.3 is 0 Å². The maximum atomic E-state index is 2.51. The smallest absolute Gasteiger partial charge is 0.00974 e. The maximum Gasteiger partial charge on any atom is -0.00974 e. The van der Waals surface area contributed by atoms with Crippen LogP contribution < -0.4 is 0 Å². The number of hydrogen-bond donors (Lipinski definition) is 0. The monoisotopic (exact) mass is 284 g/mol. The SMILES string of the molecule is C(=C\C1CCCCCCCCCCC1)/Cc1ccccc1. The van der Waals surface area contributed by atoms with Crippen molar-refractivity contribution in [1.29, 1.82) is 0 Å². The zero-order valence-corrected chi connectivity index (χ0v) is 13.6. The zero-order valence-electron chi connectivity index (χ0n) is 13.6. The molecule has 1 aromatic rings. The molecule has 21 heavy (non-hydrogen) atoms. The lowest BCUT2D eigenvalue weighted by Gasteiger charge is -2.14. The van der Waals surface area contributed by atoms with Crippen LogP contribution in [0.4, 0.5) is 0 Å². The Kier molecular flexibility index (Phi) is 8.29. The quantitative estimate of drug-likeness (QED) is 0.541. The van der Waals surface area contributed by atoms with Gasteiger partial charge in [0.25, 0.3) is 0 Å². The highest BCUT2D eigenvalue weighted by atomic mass is 14.1. The summed E-state index contributed by atoms with van der Waals surface area (Å²) in [5, 5.41) is 0. The van der Waals surface area contributed by atoms with Crippen molar-refractivity contribution in [2.45, 2.75) is 77.0 Å². The molecule has 0 heterocycles. The average Bonchev–Trinajstić information content (AvgIpc) is 2.51. The Hall–Kier alpha value is -1.04. The molecular formula is C21H32. The Morgan fingerprint density at radius 2 is 1.24 bits per heavy atom. The lowest BCUT2D eigenvalue weighted by molar-refractivity contribution is 0.449. The van der Waals surface area contributed by atoms with E-state index >= 15 is 0 Å². The van der Waals surface area contributed by atoms with Gasteiger partial charge in [0.15, 0.2) is 0 Å². The van der Waals surface area contributed by atoms with Crippen molar-refractivity contribution in [2.75, 3.05) is 0 Å². The van der Waals surface area contributed by atoms with Crippen molar-refractivity contribution in [2.24, 2.45) is 5.92 Å². The fraction of sp³-hybridized carbons (Fsp3) is 0.619. The first-order valence-electron chi connectivity index (χ1n) is 9.16. The van der Waals surface area contributed by atoms with E-state index in [4.69, 9.17) is 0 Å². The molecule has 0 nitrogen and oxygen atoms in total. The molecule has 0 atom stereocenters. The summed E-state index contributed by atoms with van der Waals surface area (Å²) in [4.78, 5) is 0. The van der Waals surface area contributed by atoms with Crippen molar-refractivity contribution < 1.29 is 0 Å². The van der Waals surface area contributed by atoms with Gasteiger partial charge >= 0.3 is 0 Å². The summed E-state index contributed by atoms with van der Waals surface area (Å²) in [5.74, 6) is 0.827. The molecular weight excluding hydrogens is 252 g/mol. The van der Waals surface area contributed by atoms with E-state index in [1.54, 1.807) is 0 Å². The van der Waals surface area contributed by atoms with Crippen LogP contribution in [0.2, 0.25) is 0 Å². The van der Waals surface area contributed by atoms with Gasteiger partial charge in [-0.15, -0.1) is 0 Å².